The molecule has 8 heterocycles. The van der Waals surface area contributed by atoms with Crippen LogP contribution in [-0.4, -0.2) is 151 Å². The summed E-state index contributed by atoms with van der Waals surface area (Å²) >= 11 is 0. The molecule has 34 heteroatoms. The first-order valence-corrected chi connectivity index (χ1v) is 25.4. The van der Waals surface area contributed by atoms with Crippen molar-refractivity contribution in [1.29, 1.82) is 0 Å². The Labute approximate surface area is 415 Å². The summed E-state index contributed by atoms with van der Waals surface area (Å²) in [6.07, 6.45) is -5.53. The van der Waals surface area contributed by atoms with Gasteiger partial charge in [-0.25, -0.2) is 19.2 Å². The molecule has 4 aliphatic heterocycles. The molecule has 74 heavy (non-hydrogen) atoms. The lowest BCUT2D eigenvalue weighted by Gasteiger charge is -2.19. The van der Waals surface area contributed by atoms with Gasteiger partial charge in [0.05, 0.1) is 62.9 Å². The van der Waals surface area contributed by atoms with Crippen molar-refractivity contribution in [2.24, 2.45) is 0 Å². The van der Waals surface area contributed by atoms with E-state index in [-0.39, 0.29) is 47.9 Å². The Bertz CT molecular complexity index is 3210. The van der Waals surface area contributed by atoms with E-state index in [1.54, 1.807) is 0 Å². The number of nitrogens with one attached hydrogen (secondary N) is 6. The minimum Gasteiger partial charge on any atom is -0.394 e. The predicted octanol–water partition coefficient (Wildman–Crippen LogP) is -6.30. The van der Waals surface area contributed by atoms with E-state index in [1.807, 2.05) is 0 Å². The fourth-order valence-electron chi connectivity index (χ4n) is 8.41. The van der Waals surface area contributed by atoms with Gasteiger partial charge in [0.1, 0.15) is 37.1 Å². The molecule has 0 spiro atoms. The molecule has 8 rings (SSSR count). The van der Waals surface area contributed by atoms with E-state index in [4.69, 9.17) is 27.3 Å². The quantitative estimate of drug-likeness (QED) is 0.0499. The van der Waals surface area contributed by atoms with E-state index in [2.05, 4.69) is 29.4 Å². The summed E-state index contributed by atoms with van der Waals surface area (Å²) in [5, 5.41) is 39.9. The maximum atomic E-state index is 12.6. The van der Waals surface area contributed by atoms with Gasteiger partial charge in [-0.05, 0) is 27.7 Å². The number of H-pyrrole nitrogens is 4. The Morgan fingerprint density at radius 1 is 0.486 bits per heavy atom. The Morgan fingerprint density at radius 3 is 1.01 bits per heavy atom. The van der Waals surface area contributed by atoms with E-state index in [1.165, 1.54) is 52.5 Å². The first-order valence-electron chi connectivity index (χ1n) is 22.6. The van der Waals surface area contributed by atoms with E-state index < -0.39 is 166 Å². The standard InChI is InChI=1S/2C20H27N5O11S/c2*1-9-5-24(19(30)21-17(9)28)15-3-11(13(7-26)35-15)23-37(32,33)34-8-14-12(27)4-16(36-14)25-6-10(2)18(29)22-20(25)31/h2*5-6,11-16,23,26-27H,3-4,7-8H2,1-2H3,(H,21,28,30)(H,22,29,31)/t2*11-,12-,13+,14+,15+,16+/m00/s1. The molecule has 4 aromatic heterocycles. The first-order chi connectivity index (χ1) is 34.8. The molecule has 0 saturated carbocycles. The van der Waals surface area contributed by atoms with Gasteiger partial charge >= 0.3 is 43.4 Å². The molecular formula is C40H54N10O22S2. The van der Waals surface area contributed by atoms with E-state index >= 15 is 0 Å². The van der Waals surface area contributed by atoms with Gasteiger partial charge in [0.2, 0.25) is 0 Å². The molecular weight excluding hydrogens is 1040 g/mol. The fraction of sp³-hybridized carbons (Fsp3) is 0.600. The third-order valence-electron chi connectivity index (χ3n) is 12.4. The highest BCUT2D eigenvalue weighted by Crippen LogP contribution is 2.32. The van der Waals surface area contributed by atoms with Crippen LogP contribution >= 0.6 is 0 Å². The maximum absolute atomic E-state index is 12.6. The van der Waals surface area contributed by atoms with Crippen LogP contribution in [-0.2, 0) is 47.9 Å². The number of hydrogen-bond donors (Lipinski definition) is 10. The Morgan fingerprint density at radius 2 is 0.743 bits per heavy atom. The van der Waals surface area contributed by atoms with Gasteiger partial charge in [-0.1, -0.05) is 0 Å². The summed E-state index contributed by atoms with van der Waals surface area (Å²) < 4.78 is 91.6. The smallest absolute Gasteiger partial charge is 0.336 e. The summed E-state index contributed by atoms with van der Waals surface area (Å²) in [5.41, 5.74) is -4.27. The molecule has 0 amide bonds. The number of rotatable bonds is 16. The number of nitrogens with zero attached hydrogens (tertiary/aromatic N) is 4. The van der Waals surface area contributed by atoms with Gasteiger partial charge < -0.3 is 39.4 Å². The lowest BCUT2D eigenvalue weighted by molar-refractivity contribution is -0.0407. The molecule has 0 aromatic carbocycles. The Hall–Kier alpha value is -5.86. The van der Waals surface area contributed by atoms with Crippen LogP contribution in [0.2, 0.25) is 0 Å². The van der Waals surface area contributed by atoms with Crippen LogP contribution in [0.25, 0.3) is 0 Å². The third kappa shape index (κ3) is 12.8. The number of aliphatic hydroxyl groups excluding tert-OH is 4. The average Bonchev–Trinajstić information content (AvgIpc) is 4.12. The normalized spacial score (nSPS) is 28.1. The predicted molar refractivity (Wildman–Crippen MR) is 248 cm³/mol. The highest BCUT2D eigenvalue weighted by molar-refractivity contribution is 7.85. The van der Waals surface area contributed by atoms with Crippen molar-refractivity contribution >= 4 is 20.6 Å². The van der Waals surface area contributed by atoms with Crippen LogP contribution in [0, 0.1) is 27.7 Å². The molecule has 0 unspecified atom stereocenters. The first kappa shape index (κ1) is 55.9. The number of ether oxygens (including phenoxy) is 4. The zero-order valence-electron chi connectivity index (χ0n) is 39.6. The topological polar surface area (TPSA) is 448 Å². The molecule has 4 fully saturated rings. The van der Waals surface area contributed by atoms with Crippen LogP contribution in [0.1, 0.15) is 72.8 Å². The molecule has 4 saturated heterocycles. The van der Waals surface area contributed by atoms with Gasteiger partial charge in [-0.3, -0.25) is 65.7 Å². The van der Waals surface area contributed by atoms with Crippen molar-refractivity contribution in [1.82, 2.24) is 47.6 Å². The molecule has 10 N–H and O–H groups in total. The zero-order chi connectivity index (χ0) is 54.1. The van der Waals surface area contributed by atoms with Crippen LogP contribution in [0.15, 0.2) is 63.1 Å². The molecule has 0 bridgehead atoms. The van der Waals surface area contributed by atoms with Crippen molar-refractivity contribution in [3.8, 4) is 0 Å². The maximum Gasteiger partial charge on any atom is 0.336 e. The van der Waals surface area contributed by atoms with E-state index in [9.17, 15) is 75.6 Å². The number of aromatic nitrogens is 8. The second-order valence-corrected chi connectivity index (χ2v) is 20.6. The lowest BCUT2D eigenvalue weighted by Crippen LogP contribution is -2.43. The molecule has 4 aliphatic rings. The number of hydrogen-bond acceptors (Lipinski definition) is 22. The second kappa shape index (κ2) is 22.5. The van der Waals surface area contributed by atoms with Crippen molar-refractivity contribution < 1.29 is 64.6 Å². The average molecular weight is 1090 g/mol. The zero-order valence-corrected chi connectivity index (χ0v) is 41.3. The SMILES string of the molecule is Cc1cn([C@H]2C[C@H](NS(=O)(=O)OC[C@H]3O[C@@H](n4cc(C)c(=O)[nH]c4=O)C[C@@H]3O)[C@@H](CO)O2)c(=O)[nH]c1=O.Cc1cn([C@H]2C[C@H](NS(=O)(=O)OC[C@H]3O[C@@H](n4cc(C)c(=O)[nH]c4=O)C[C@@H]3O)[C@@H](CO)O2)c(=O)[nH]c1=O. The highest BCUT2D eigenvalue weighted by Gasteiger charge is 2.43. The number of aromatic amines is 4. The lowest BCUT2D eigenvalue weighted by atomic mass is 10.1. The number of aryl methyl sites for hydroxylation is 4. The molecule has 32 nitrogen and oxygen atoms in total. The molecule has 4 aromatic rings. The van der Waals surface area contributed by atoms with Crippen LogP contribution in [0.3, 0.4) is 0 Å². The van der Waals surface area contributed by atoms with Crippen molar-refractivity contribution in [2.75, 3.05) is 26.4 Å². The molecule has 12 atom stereocenters. The van der Waals surface area contributed by atoms with Crippen LogP contribution < -0.4 is 54.4 Å². The molecule has 0 aliphatic carbocycles. The Balaban J connectivity index is 0.000000216. The second-order valence-electron chi connectivity index (χ2n) is 17.8. The van der Waals surface area contributed by atoms with Gasteiger partial charge in [0.15, 0.2) is 0 Å². The van der Waals surface area contributed by atoms with Crippen molar-refractivity contribution in [3.05, 3.63) is 130 Å². The van der Waals surface area contributed by atoms with Crippen LogP contribution in [0.4, 0.5) is 0 Å². The van der Waals surface area contributed by atoms with Gasteiger partial charge in [-0.15, -0.1) is 0 Å². The Kier molecular flexibility index (Phi) is 17.0. The molecule has 0 radical (unpaired) electrons. The van der Waals surface area contributed by atoms with Crippen molar-refractivity contribution in [3.63, 3.8) is 0 Å². The summed E-state index contributed by atoms with van der Waals surface area (Å²) in [4.78, 5) is 103. The summed E-state index contributed by atoms with van der Waals surface area (Å²) in [6.45, 7) is 3.63. The molecule has 408 valence electrons. The summed E-state index contributed by atoms with van der Waals surface area (Å²) in [6, 6.07) is -1.96. The number of aliphatic hydroxyl groups is 4. The fourth-order valence-corrected chi connectivity index (χ4v) is 10.4. The largest absolute Gasteiger partial charge is 0.394 e. The third-order valence-corrected chi connectivity index (χ3v) is 14.5. The van der Waals surface area contributed by atoms with E-state index in [0.29, 0.717) is 0 Å². The highest BCUT2D eigenvalue weighted by atomic mass is 32.2. The monoisotopic (exact) mass is 1090 g/mol. The van der Waals surface area contributed by atoms with Gasteiger partial charge in [0, 0.05) is 72.7 Å². The minimum absolute atomic E-state index is 0.0506. The summed E-state index contributed by atoms with van der Waals surface area (Å²) in [5.74, 6) is 0. The van der Waals surface area contributed by atoms with E-state index in [0.717, 1.165) is 18.3 Å². The van der Waals surface area contributed by atoms with Gasteiger partial charge in [-0.2, -0.15) is 26.3 Å². The summed E-state index contributed by atoms with van der Waals surface area (Å²) in [7, 11) is -8.89. The van der Waals surface area contributed by atoms with Gasteiger partial charge in [0.25, 0.3) is 22.2 Å². The minimum atomic E-state index is -4.45. The van der Waals surface area contributed by atoms with Crippen molar-refractivity contribution in [2.45, 2.75) is 127 Å². The van der Waals surface area contributed by atoms with Crippen LogP contribution in [0.5, 0.6) is 0 Å².